The Hall–Kier alpha value is -1.76. The molecule has 1 heterocycles. The van der Waals surface area contributed by atoms with Crippen LogP contribution in [0.5, 0.6) is 5.75 Å². The molecule has 0 spiro atoms. The average Bonchev–Trinajstić information content (AvgIpc) is 2.52. The molecule has 0 radical (unpaired) electrons. The average molecular weight is 316 g/mol. The van der Waals surface area contributed by atoms with Gasteiger partial charge in [-0.25, -0.2) is 0 Å². The lowest BCUT2D eigenvalue weighted by molar-refractivity contribution is -0.137. The van der Waals surface area contributed by atoms with Crippen molar-refractivity contribution in [1.82, 2.24) is 10.6 Å². The summed E-state index contributed by atoms with van der Waals surface area (Å²) < 4.78 is 42.9. The van der Waals surface area contributed by atoms with E-state index in [1.54, 1.807) is 0 Å². The van der Waals surface area contributed by atoms with Gasteiger partial charge in [-0.15, -0.1) is 0 Å². The van der Waals surface area contributed by atoms with Gasteiger partial charge in [0.1, 0.15) is 12.4 Å². The predicted octanol–water partition coefficient (Wildman–Crippen LogP) is 2.34. The van der Waals surface area contributed by atoms with Crippen LogP contribution in [0.25, 0.3) is 0 Å². The molecule has 1 aliphatic heterocycles. The van der Waals surface area contributed by atoms with Gasteiger partial charge < -0.3 is 15.4 Å². The molecular weight excluding hydrogens is 297 g/mol. The van der Waals surface area contributed by atoms with Crippen LogP contribution < -0.4 is 15.4 Å². The number of rotatable bonds is 5. The monoisotopic (exact) mass is 316 g/mol. The van der Waals surface area contributed by atoms with Crippen LogP contribution in [0.4, 0.5) is 13.2 Å². The number of amides is 1. The third kappa shape index (κ3) is 4.91. The summed E-state index contributed by atoms with van der Waals surface area (Å²) in [6.07, 6.45) is -1.49. The van der Waals surface area contributed by atoms with E-state index in [0.29, 0.717) is 0 Å². The molecule has 122 valence electrons. The fraction of sp³-hybridized carbons (Fsp3) is 0.533. The van der Waals surface area contributed by atoms with Gasteiger partial charge >= 0.3 is 6.18 Å². The summed E-state index contributed by atoms with van der Waals surface area (Å²) in [6.45, 7) is 1.21. The van der Waals surface area contributed by atoms with Crippen LogP contribution in [-0.4, -0.2) is 31.6 Å². The standard InChI is InChI=1S/C15H19F3N2O2/c16-15(17,18)11-4-3-5-12(10-11)22-9-8-20-14(21)13-6-1-2-7-19-13/h3-5,10,13,19H,1-2,6-9H2,(H,20,21). The van der Waals surface area contributed by atoms with E-state index < -0.39 is 11.7 Å². The van der Waals surface area contributed by atoms with Gasteiger partial charge in [0.25, 0.3) is 0 Å². The van der Waals surface area contributed by atoms with Gasteiger partial charge in [0, 0.05) is 0 Å². The summed E-state index contributed by atoms with van der Waals surface area (Å²) in [6, 6.07) is 4.51. The molecule has 2 N–H and O–H groups in total. The van der Waals surface area contributed by atoms with E-state index >= 15 is 0 Å². The van der Waals surface area contributed by atoms with Crippen molar-refractivity contribution >= 4 is 5.91 Å². The van der Waals surface area contributed by atoms with Crippen LogP contribution in [0, 0.1) is 0 Å². The zero-order valence-corrected chi connectivity index (χ0v) is 12.1. The molecule has 2 rings (SSSR count). The lowest BCUT2D eigenvalue weighted by atomic mass is 10.0. The molecule has 0 saturated carbocycles. The molecule has 1 aliphatic rings. The lowest BCUT2D eigenvalue weighted by Crippen LogP contribution is -2.47. The molecular formula is C15H19F3N2O2. The maximum absolute atomic E-state index is 12.5. The van der Waals surface area contributed by atoms with Gasteiger partial charge in [0.05, 0.1) is 18.2 Å². The summed E-state index contributed by atoms with van der Waals surface area (Å²) >= 11 is 0. The fourth-order valence-corrected chi connectivity index (χ4v) is 2.30. The minimum Gasteiger partial charge on any atom is -0.492 e. The van der Waals surface area contributed by atoms with Crippen LogP contribution in [0.1, 0.15) is 24.8 Å². The number of alkyl halides is 3. The summed E-state index contributed by atoms with van der Waals surface area (Å²) in [7, 11) is 0. The topological polar surface area (TPSA) is 50.4 Å². The van der Waals surface area contributed by atoms with Crippen molar-refractivity contribution in [3.05, 3.63) is 29.8 Å². The third-order valence-corrected chi connectivity index (χ3v) is 3.46. The van der Waals surface area contributed by atoms with Crippen molar-refractivity contribution in [3.8, 4) is 5.75 Å². The Bertz CT molecular complexity index is 500. The van der Waals surface area contributed by atoms with Gasteiger partial charge in [-0.2, -0.15) is 13.2 Å². The van der Waals surface area contributed by atoms with Crippen molar-refractivity contribution in [2.45, 2.75) is 31.5 Å². The molecule has 1 fully saturated rings. The van der Waals surface area contributed by atoms with Crippen molar-refractivity contribution in [2.75, 3.05) is 19.7 Å². The van der Waals surface area contributed by atoms with E-state index in [1.807, 2.05) is 0 Å². The van der Waals surface area contributed by atoms with Gasteiger partial charge in [-0.3, -0.25) is 4.79 Å². The first-order valence-corrected chi connectivity index (χ1v) is 7.28. The summed E-state index contributed by atoms with van der Waals surface area (Å²) in [5, 5.41) is 5.84. The lowest BCUT2D eigenvalue weighted by Gasteiger charge is -2.22. The SMILES string of the molecule is O=C(NCCOc1cccc(C(F)(F)F)c1)C1CCCCN1. The Labute approximate surface area is 127 Å². The molecule has 7 heteroatoms. The second kappa shape index (κ2) is 7.49. The number of carbonyl (C=O) groups is 1. The third-order valence-electron chi connectivity index (χ3n) is 3.46. The number of carbonyl (C=O) groups excluding carboxylic acids is 1. The molecule has 1 aromatic carbocycles. The zero-order chi connectivity index (χ0) is 16.0. The molecule has 22 heavy (non-hydrogen) atoms. The molecule has 4 nitrogen and oxygen atoms in total. The molecule has 1 amide bonds. The normalized spacial score (nSPS) is 18.8. The van der Waals surface area contributed by atoms with E-state index in [2.05, 4.69) is 10.6 Å². The molecule has 1 aromatic rings. The van der Waals surface area contributed by atoms with Gasteiger partial charge in [-0.1, -0.05) is 12.5 Å². The van der Waals surface area contributed by atoms with Crippen molar-refractivity contribution in [2.24, 2.45) is 0 Å². The number of nitrogens with one attached hydrogen (secondary N) is 2. The highest BCUT2D eigenvalue weighted by Gasteiger charge is 2.30. The predicted molar refractivity (Wildman–Crippen MR) is 75.6 cm³/mol. The van der Waals surface area contributed by atoms with Gasteiger partial charge in [0.2, 0.25) is 5.91 Å². The number of halogens is 3. The quantitative estimate of drug-likeness (QED) is 0.820. The minimum absolute atomic E-state index is 0.0904. The smallest absolute Gasteiger partial charge is 0.416 e. The first-order chi connectivity index (χ1) is 10.5. The summed E-state index contributed by atoms with van der Waals surface area (Å²) in [5.41, 5.74) is -0.750. The van der Waals surface area contributed by atoms with Crippen LogP contribution >= 0.6 is 0 Å². The van der Waals surface area contributed by atoms with E-state index in [4.69, 9.17) is 4.74 Å². The summed E-state index contributed by atoms with van der Waals surface area (Å²) in [5.74, 6) is 0.0483. The number of piperidine rings is 1. The number of hydrogen-bond acceptors (Lipinski definition) is 3. The fourth-order valence-electron chi connectivity index (χ4n) is 2.30. The highest BCUT2D eigenvalue weighted by atomic mass is 19.4. The van der Waals surface area contributed by atoms with Crippen molar-refractivity contribution in [3.63, 3.8) is 0 Å². The number of ether oxygens (including phenoxy) is 1. The van der Waals surface area contributed by atoms with Crippen molar-refractivity contribution in [1.29, 1.82) is 0 Å². The second-order valence-electron chi connectivity index (χ2n) is 5.17. The van der Waals surface area contributed by atoms with Crippen molar-refractivity contribution < 1.29 is 22.7 Å². The number of benzene rings is 1. The largest absolute Gasteiger partial charge is 0.492 e. The van der Waals surface area contributed by atoms with Crippen LogP contribution in [0.15, 0.2) is 24.3 Å². The van der Waals surface area contributed by atoms with E-state index in [-0.39, 0.29) is 30.9 Å². The van der Waals surface area contributed by atoms with E-state index in [1.165, 1.54) is 12.1 Å². The zero-order valence-electron chi connectivity index (χ0n) is 12.1. The van der Waals surface area contributed by atoms with Crippen LogP contribution in [0.3, 0.4) is 0 Å². The first kappa shape index (κ1) is 16.6. The highest BCUT2D eigenvalue weighted by Crippen LogP contribution is 2.31. The second-order valence-corrected chi connectivity index (χ2v) is 5.17. The number of hydrogen-bond donors (Lipinski definition) is 2. The molecule has 0 aliphatic carbocycles. The Morgan fingerprint density at radius 3 is 2.86 bits per heavy atom. The molecule has 1 unspecified atom stereocenters. The molecule has 0 aromatic heterocycles. The maximum Gasteiger partial charge on any atom is 0.416 e. The Morgan fingerprint density at radius 2 is 2.18 bits per heavy atom. The Kier molecular flexibility index (Phi) is 5.65. The minimum atomic E-state index is -4.39. The van der Waals surface area contributed by atoms with E-state index in [9.17, 15) is 18.0 Å². The Balaban J connectivity index is 1.73. The molecule has 0 bridgehead atoms. The molecule has 1 atom stereocenters. The maximum atomic E-state index is 12.5. The van der Waals surface area contributed by atoms with Crippen LogP contribution in [0.2, 0.25) is 0 Å². The Morgan fingerprint density at radius 1 is 1.36 bits per heavy atom. The van der Waals surface area contributed by atoms with Gasteiger partial charge in [0.15, 0.2) is 0 Å². The molecule has 1 saturated heterocycles. The first-order valence-electron chi connectivity index (χ1n) is 7.28. The summed E-state index contributed by atoms with van der Waals surface area (Å²) in [4.78, 5) is 11.8. The van der Waals surface area contributed by atoms with Crippen LogP contribution in [-0.2, 0) is 11.0 Å². The van der Waals surface area contributed by atoms with Gasteiger partial charge in [-0.05, 0) is 37.6 Å². The highest BCUT2D eigenvalue weighted by molar-refractivity contribution is 5.81. The van der Waals surface area contributed by atoms with E-state index in [0.717, 1.165) is 37.9 Å².